The molecule has 5 nitrogen and oxygen atoms in total. The van der Waals surface area contributed by atoms with Crippen molar-refractivity contribution < 1.29 is 4.74 Å². The van der Waals surface area contributed by atoms with Crippen LogP contribution in [-0.4, -0.2) is 28.6 Å². The zero-order chi connectivity index (χ0) is 13.7. The van der Waals surface area contributed by atoms with Gasteiger partial charge in [-0.05, 0) is 25.1 Å². The van der Waals surface area contributed by atoms with E-state index in [1.54, 1.807) is 17.9 Å². The molecule has 1 N–H and O–H groups in total. The Kier molecular flexibility index (Phi) is 4.76. The van der Waals surface area contributed by atoms with Gasteiger partial charge in [0.05, 0.1) is 29.7 Å². The van der Waals surface area contributed by atoms with Crippen molar-refractivity contribution in [2.45, 2.75) is 19.9 Å². The van der Waals surface area contributed by atoms with Crippen molar-refractivity contribution in [1.82, 2.24) is 20.3 Å². The van der Waals surface area contributed by atoms with E-state index >= 15 is 0 Å². The highest BCUT2D eigenvalue weighted by atomic mass is 35.5. The summed E-state index contributed by atoms with van der Waals surface area (Å²) in [4.78, 5) is 0. The monoisotopic (exact) mass is 280 g/mol. The summed E-state index contributed by atoms with van der Waals surface area (Å²) in [5, 5.41) is 12.1. The third-order valence-electron chi connectivity index (χ3n) is 2.67. The first kappa shape index (κ1) is 13.8. The van der Waals surface area contributed by atoms with Gasteiger partial charge in [-0.2, -0.15) is 0 Å². The summed E-state index contributed by atoms with van der Waals surface area (Å²) in [5.74, 6) is 0.625. The first-order valence-electron chi connectivity index (χ1n) is 6.20. The number of aromatic nitrogens is 3. The molecule has 0 unspecified atom stereocenters. The van der Waals surface area contributed by atoms with Gasteiger partial charge in [0.25, 0.3) is 0 Å². The minimum Gasteiger partial charge on any atom is -0.495 e. The molecule has 2 aromatic rings. The van der Waals surface area contributed by atoms with Crippen molar-refractivity contribution in [3.8, 4) is 11.4 Å². The predicted molar refractivity (Wildman–Crippen MR) is 74.9 cm³/mol. The van der Waals surface area contributed by atoms with Crippen LogP contribution in [0.2, 0.25) is 5.02 Å². The van der Waals surface area contributed by atoms with E-state index < -0.39 is 0 Å². The van der Waals surface area contributed by atoms with Gasteiger partial charge >= 0.3 is 0 Å². The van der Waals surface area contributed by atoms with Gasteiger partial charge in [-0.1, -0.05) is 23.7 Å². The van der Waals surface area contributed by atoms with Crippen molar-refractivity contribution >= 4 is 11.6 Å². The molecule has 0 aliphatic heterocycles. The van der Waals surface area contributed by atoms with Crippen molar-refractivity contribution in [2.75, 3.05) is 13.7 Å². The Labute approximate surface area is 117 Å². The molecule has 1 aromatic heterocycles. The number of ether oxygens (including phenoxy) is 1. The lowest BCUT2D eigenvalue weighted by atomic mass is 10.3. The maximum Gasteiger partial charge on any atom is 0.139 e. The number of methoxy groups -OCH3 is 1. The van der Waals surface area contributed by atoms with E-state index in [9.17, 15) is 0 Å². The van der Waals surface area contributed by atoms with Crippen LogP contribution in [0.15, 0.2) is 24.4 Å². The van der Waals surface area contributed by atoms with Crippen LogP contribution in [0, 0.1) is 0 Å². The Morgan fingerprint density at radius 1 is 1.42 bits per heavy atom. The Hall–Kier alpha value is -1.59. The third-order valence-corrected chi connectivity index (χ3v) is 2.99. The third kappa shape index (κ3) is 3.45. The Morgan fingerprint density at radius 2 is 2.26 bits per heavy atom. The first-order valence-corrected chi connectivity index (χ1v) is 6.58. The number of rotatable bonds is 6. The molecule has 0 aliphatic rings. The van der Waals surface area contributed by atoms with Crippen LogP contribution in [0.5, 0.6) is 5.75 Å². The molecule has 0 bridgehead atoms. The molecule has 0 saturated heterocycles. The number of nitrogens with one attached hydrogen (secondary N) is 1. The van der Waals surface area contributed by atoms with Gasteiger partial charge in [0, 0.05) is 12.6 Å². The van der Waals surface area contributed by atoms with Crippen molar-refractivity contribution in [2.24, 2.45) is 0 Å². The van der Waals surface area contributed by atoms with E-state index in [1.807, 2.05) is 18.3 Å². The molecule has 2 rings (SSSR count). The van der Waals surface area contributed by atoms with Crippen LogP contribution in [-0.2, 0) is 6.54 Å². The maximum atomic E-state index is 5.99. The van der Waals surface area contributed by atoms with Crippen molar-refractivity contribution in [1.29, 1.82) is 0 Å². The molecule has 102 valence electrons. The minimum atomic E-state index is 0.580. The normalized spacial score (nSPS) is 10.7. The molecule has 6 heteroatoms. The second kappa shape index (κ2) is 6.54. The highest BCUT2D eigenvalue weighted by Gasteiger charge is 2.06. The molecule has 0 saturated carbocycles. The lowest BCUT2D eigenvalue weighted by molar-refractivity contribution is 0.414. The Bertz CT molecular complexity index is 541. The highest BCUT2D eigenvalue weighted by molar-refractivity contribution is 6.32. The summed E-state index contributed by atoms with van der Waals surface area (Å²) in [6.07, 6.45) is 2.99. The van der Waals surface area contributed by atoms with Gasteiger partial charge in [0.2, 0.25) is 0 Å². The zero-order valence-corrected chi connectivity index (χ0v) is 11.8. The van der Waals surface area contributed by atoms with E-state index in [4.69, 9.17) is 16.3 Å². The number of halogens is 1. The molecule has 0 atom stereocenters. The van der Waals surface area contributed by atoms with Gasteiger partial charge in [-0.3, -0.25) is 0 Å². The summed E-state index contributed by atoms with van der Waals surface area (Å²) < 4.78 is 6.90. The second-order valence-corrected chi connectivity index (χ2v) is 4.56. The van der Waals surface area contributed by atoms with Gasteiger partial charge in [0.1, 0.15) is 5.75 Å². The van der Waals surface area contributed by atoms with E-state index in [-0.39, 0.29) is 0 Å². The van der Waals surface area contributed by atoms with Crippen LogP contribution >= 0.6 is 11.6 Å². The van der Waals surface area contributed by atoms with E-state index in [0.717, 1.165) is 30.9 Å². The van der Waals surface area contributed by atoms with Crippen LogP contribution in [0.25, 0.3) is 5.69 Å². The fourth-order valence-electron chi connectivity index (χ4n) is 1.69. The number of hydrogen-bond donors (Lipinski definition) is 1. The summed E-state index contributed by atoms with van der Waals surface area (Å²) in [7, 11) is 1.59. The Balaban J connectivity index is 2.13. The van der Waals surface area contributed by atoms with Crippen LogP contribution in [0.4, 0.5) is 0 Å². The van der Waals surface area contributed by atoms with Gasteiger partial charge in [0.15, 0.2) is 0 Å². The molecule has 0 fully saturated rings. The van der Waals surface area contributed by atoms with Gasteiger partial charge < -0.3 is 10.1 Å². The first-order chi connectivity index (χ1) is 9.24. The van der Waals surface area contributed by atoms with E-state index in [1.165, 1.54) is 0 Å². The second-order valence-electron chi connectivity index (χ2n) is 4.15. The molecule has 0 spiro atoms. The largest absolute Gasteiger partial charge is 0.495 e. The van der Waals surface area contributed by atoms with Gasteiger partial charge in [-0.25, -0.2) is 4.68 Å². The fourth-order valence-corrected chi connectivity index (χ4v) is 1.88. The standard InChI is InChI=1S/C13H17ClN4O/c1-3-6-15-8-10-9-18(17-16-10)11-4-5-12(14)13(7-11)19-2/h4-5,7,9,15H,3,6,8H2,1-2H3. The summed E-state index contributed by atoms with van der Waals surface area (Å²) in [6.45, 7) is 3.82. The highest BCUT2D eigenvalue weighted by Crippen LogP contribution is 2.26. The lowest BCUT2D eigenvalue weighted by Crippen LogP contribution is -2.13. The van der Waals surface area contributed by atoms with E-state index in [0.29, 0.717) is 10.8 Å². The van der Waals surface area contributed by atoms with E-state index in [2.05, 4.69) is 22.6 Å². The lowest BCUT2D eigenvalue weighted by Gasteiger charge is -2.05. The molecule has 19 heavy (non-hydrogen) atoms. The molecule has 1 heterocycles. The predicted octanol–water partition coefficient (Wildman–Crippen LogP) is 2.43. The molecular formula is C13H17ClN4O. The Morgan fingerprint density at radius 3 is 3.00 bits per heavy atom. The average molecular weight is 281 g/mol. The SMILES string of the molecule is CCCNCc1cn(-c2ccc(Cl)c(OC)c2)nn1. The fraction of sp³-hybridized carbons (Fsp3) is 0.385. The van der Waals surface area contributed by atoms with Crippen molar-refractivity contribution in [3.05, 3.63) is 35.1 Å². The molecule has 0 amide bonds. The van der Waals surface area contributed by atoms with Crippen molar-refractivity contribution in [3.63, 3.8) is 0 Å². The smallest absolute Gasteiger partial charge is 0.139 e. The van der Waals surface area contributed by atoms with Crippen LogP contribution in [0.1, 0.15) is 19.0 Å². The zero-order valence-electron chi connectivity index (χ0n) is 11.1. The van der Waals surface area contributed by atoms with Crippen LogP contribution < -0.4 is 10.1 Å². The maximum absolute atomic E-state index is 5.99. The molecule has 0 aliphatic carbocycles. The summed E-state index contributed by atoms with van der Waals surface area (Å²) in [6, 6.07) is 5.50. The van der Waals surface area contributed by atoms with Crippen LogP contribution in [0.3, 0.4) is 0 Å². The topological polar surface area (TPSA) is 52.0 Å². The molecular weight excluding hydrogens is 264 g/mol. The average Bonchev–Trinajstić information content (AvgIpc) is 2.88. The van der Waals surface area contributed by atoms with Gasteiger partial charge in [-0.15, -0.1) is 5.10 Å². The summed E-state index contributed by atoms with van der Waals surface area (Å²) >= 11 is 5.99. The molecule has 0 radical (unpaired) electrons. The minimum absolute atomic E-state index is 0.580. The summed E-state index contributed by atoms with van der Waals surface area (Å²) in [5.41, 5.74) is 1.78. The molecule has 1 aromatic carbocycles. The number of hydrogen-bond acceptors (Lipinski definition) is 4. The number of benzene rings is 1. The number of nitrogens with zero attached hydrogens (tertiary/aromatic N) is 3. The quantitative estimate of drug-likeness (QED) is 0.826.